The Morgan fingerprint density at radius 2 is 1.85 bits per heavy atom. The van der Waals surface area contributed by atoms with E-state index in [-0.39, 0.29) is 36.9 Å². The molecule has 0 radical (unpaired) electrons. The van der Waals surface area contributed by atoms with Crippen LogP contribution in [0.15, 0.2) is 48.5 Å². The number of carbonyl (C=O) groups is 2. The number of carbonyl (C=O) groups excluding carboxylic acids is 2. The smallest absolute Gasteiger partial charge is 0.253 e. The first-order valence-corrected chi connectivity index (χ1v) is 8.98. The Bertz CT molecular complexity index is 822. The van der Waals surface area contributed by atoms with Crippen molar-refractivity contribution in [1.82, 2.24) is 4.90 Å². The molecule has 1 saturated heterocycles. The third kappa shape index (κ3) is 4.84. The zero-order valence-electron chi connectivity index (χ0n) is 14.9. The van der Waals surface area contributed by atoms with Crippen LogP contribution in [0.2, 0.25) is 5.02 Å². The molecule has 2 amide bonds. The molecule has 1 aliphatic heterocycles. The number of ether oxygens (including phenoxy) is 1. The monoisotopic (exact) mass is 390 g/mol. The molecule has 2 aromatic carbocycles. The van der Waals surface area contributed by atoms with E-state index in [1.807, 2.05) is 18.2 Å². The van der Waals surface area contributed by atoms with Gasteiger partial charge in [0, 0.05) is 30.7 Å². The van der Waals surface area contributed by atoms with Gasteiger partial charge in [0.25, 0.3) is 5.91 Å². The van der Waals surface area contributed by atoms with E-state index in [4.69, 9.17) is 16.3 Å². The molecule has 0 spiro atoms. The van der Waals surface area contributed by atoms with Gasteiger partial charge < -0.3 is 14.5 Å². The zero-order chi connectivity index (χ0) is 19.4. The Balaban J connectivity index is 1.69. The van der Waals surface area contributed by atoms with E-state index < -0.39 is 0 Å². The average molecular weight is 391 g/mol. The summed E-state index contributed by atoms with van der Waals surface area (Å²) in [4.78, 5) is 27.2. The predicted octanol–water partition coefficient (Wildman–Crippen LogP) is 3.26. The summed E-state index contributed by atoms with van der Waals surface area (Å²) in [6.07, 6.45) is -0.145. The summed E-state index contributed by atoms with van der Waals surface area (Å²) < 4.78 is 18.9. The van der Waals surface area contributed by atoms with Gasteiger partial charge in [-0.05, 0) is 35.9 Å². The van der Waals surface area contributed by atoms with Gasteiger partial charge in [0.05, 0.1) is 12.6 Å². The molecule has 3 rings (SSSR count). The van der Waals surface area contributed by atoms with Gasteiger partial charge in [0.2, 0.25) is 5.91 Å². The standard InChI is InChI=1S/C20H20ClFN2O3/c1-14(25)23-11-18(12-23)27-13-20(26)24(17-8-6-16(22)7-9-17)10-15-4-2-3-5-19(15)21/h2-9,18H,10-13H2,1H3. The van der Waals surface area contributed by atoms with Crippen molar-refractivity contribution in [3.05, 3.63) is 64.9 Å². The maximum absolute atomic E-state index is 13.3. The average Bonchev–Trinajstić information content (AvgIpc) is 2.60. The lowest BCUT2D eigenvalue weighted by Gasteiger charge is -2.38. The lowest BCUT2D eigenvalue weighted by molar-refractivity contribution is -0.145. The number of hydrogen-bond donors (Lipinski definition) is 0. The number of halogens is 2. The van der Waals surface area contributed by atoms with Gasteiger partial charge >= 0.3 is 0 Å². The van der Waals surface area contributed by atoms with Crippen molar-refractivity contribution in [3.63, 3.8) is 0 Å². The number of likely N-dealkylation sites (tertiary alicyclic amines) is 1. The Morgan fingerprint density at radius 3 is 2.48 bits per heavy atom. The molecule has 0 saturated carbocycles. The van der Waals surface area contributed by atoms with Crippen molar-refractivity contribution < 1.29 is 18.7 Å². The highest BCUT2D eigenvalue weighted by Gasteiger charge is 2.30. The molecule has 1 heterocycles. The highest BCUT2D eigenvalue weighted by Crippen LogP contribution is 2.23. The molecule has 0 aromatic heterocycles. The van der Waals surface area contributed by atoms with Gasteiger partial charge in [0.15, 0.2) is 0 Å². The highest BCUT2D eigenvalue weighted by atomic mass is 35.5. The normalized spacial score (nSPS) is 14.0. The molecule has 27 heavy (non-hydrogen) atoms. The molecule has 142 valence electrons. The summed E-state index contributed by atoms with van der Waals surface area (Å²) in [7, 11) is 0. The van der Waals surface area contributed by atoms with Crippen molar-refractivity contribution in [2.24, 2.45) is 0 Å². The minimum Gasteiger partial charge on any atom is -0.365 e. The second kappa shape index (κ2) is 8.50. The third-order valence-electron chi connectivity index (χ3n) is 4.46. The van der Waals surface area contributed by atoms with E-state index >= 15 is 0 Å². The fraction of sp³-hybridized carbons (Fsp3) is 0.300. The predicted molar refractivity (Wildman–Crippen MR) is 101 cm³/mol. The molecule has 0 unspecified atom stereocenters. The molecule has 7 heteroatoms. The second-order valence-corrected chi connectivity index (χ2v) is 6.81. The molecule has 1 fully saturated rings. The summed E-state index contributed by atoms with van der Waals surface area (Å²) >= 11 is 6.22. The summed E-state index contributed by atoms with van der Waals surface area (Å²) in [5, 5.41) is 0.550. The number of rotatable bonds is 6. The fourth-order valence-corrected chi connectivity index (χ4v) is 3.00. The maximum atomic E-state index is 13.3. The van der Waals surface area contributed by atoms with E-state index in [0.29, 0.717) is 23.8 Å². The van der Waals surface area contributed by atoms with Gasteiger partial charge in [-0.3, -0.25) is 9.59 Å². The van der Waals surface area contributed by atoms with Crippen LogP contribution in [0.25, 0.3) is 0 Å². The fourth-order valence-electron chi connectivity index (χ4n) is 2.81. The van der Waals surface area contributed by atoms with Crippen molar-refractivity contribution in [3.8, 4) is 0 Å². The molecule has 2 aromatic rings. The minimum atomic E-state index is -0.376. The van der Waals surface area contributed by atoms with E-state index in [2.05, 4.69) is 0 Å². The van der Waals surface area contributed by atoms with Crippen molar-refractivity contribution >= 4 is 29.1 Å². The first-order chi connectivity index (χ1) is 12.9. The van der Waals surface area contributed by atoms with Gasteiger partial charge in [0.1, 0.15) is 12.4 Å². The molecule has 1 aliphatic rings. The molecule has 5 nitrogen and oxygen atoms in total. The van der Waals surface area contributed by atoms with Crippen LogP contribution in [-0.4, -0.2) is 42.5 Å². The summed E-state index contributed by atoms with van der Waals surface area (Å²) in [5.41, 5.74) is 1.34. The lowest BCUT2D eigenvalue weighted by Crippen LogP contribution is -2.54. The van der Waals surface area contributed by atoms with Crippen LogP contribution in [0, 0.1) is 5.82 Å². The quantitative estimate of drug-likeness (QED) is 0.760. The largest absolute Gasteiger partial charge is 0.365 e. The van der Waals surface area contributed by atoms with Crippen LogP contribution in [0.4, 0.5) is 10.1 Å². The van der Waals surface area contributed by atoms with E-state index in [1.165, 1.54) is 24.0 Å². The van der Waals surface area contributed by atoms with Crippen LogP contribution >= 0.6 is 11.6 Å². The lowest BCUT2D eigenvalue weighted by atomic mass is 10.1. The molecular formula is C20H20ClFN2O3. The molecule has 0 bridgehead atoms. The van der Waals surface area contributed by atoms with Crippen LogP contribution in [0.3, 0.4) is 0 Å². The first-order valence-electron chi connectivity index (χ1n) is 8.60. The number of amides is 2. The van der Waals surface area contributed by atoms with Gasteiger partial charge in [-0.25, -0.2) is 4.39 Å². The Morgan fingerprint density at radius 1 is 1.19 bits per heavy atom. The Kier molecular flexibility index (Phi) is 6.08. The zero-order valence-corrected chi connectivity index (χ0v) is 15.7. The number of benzene rings is 2. The summed E-state index contributed by atoms with van der Waals surface area (Å²) in [6.45, 7) is 2.60. The van der Waals surface area contributed by atoms with Crippen LogP contribution in [-0.2, 0) is 20.9 Å². The summed E-state index contributed by atoms with van der Waals surface area (Å²) in [5.74, 6) is -0.644. The molecular weight excluding hydrogens is 371 g/mol. The third-order valence-corrected chi connectivity index (χ3v) is 4.83. The van der Waals surface area contributed by atoms with Crippen LogP contribution in [0.1, 0.15) is 12.5 Å². The summed E-state index contributed by atoms with van der Waals surface area (Å²) in [6, 6.07) is 13.0. The topological polar surface area (TPSA) is 49.9 Å². The van der Waals surface area contributed by atoms with Crippen LogP contribution in [0.5, 0.6) is 0 Å². The SMILES string of the molecule is CC(=O)N1CC(OCC(=O)N(Cc2ccccc2Cl)c2ccc(F)cc2)C1. The second-order valence-electron chi connectivity index (χ2n) is 6.40. The molecule has 0 aliphatic carbocycles. The van der Waals surface area contributed by atoms with Gasteiger partial charge in [-0.15, -0.1) is 0 Å². The maximum Gasteiger partial charge on any atom is 0.253 e. The number of hydrogen-bond acceptors (Lipinski definition) is 3. The first kappa shape index (κ1) is 19.3. The van der Waals surface area contributed by atoms with E-state index in [9.17, 15) is 14.0 Å². The van der Waals surface area contributed by atoms with E-state index in [0.717, 1.165) is 5.56 Å². The Hall–Kier alpha value is -2.44. The highest BCUT2D eigenvalue weighted by molar-refractivity contribution is 6.31. The van der Waals surface area contributed by atoms with E-state index in [1.54, 1.807) is 23.1 Å². The minimum absolute atomic E-state index is 0.00663. The van der Waals surface area contributed by atoms with Crippen molar-refractivity contribution in [2.45, 2.75) is 19.6 Å². The number of anilines is 1. The van der Waals surface area contributed by atoms with Crippen molar-refractivity contribution in [1.29, 1.82) is 0 Å². The van der Waals surface area contributed by atoms with Crippen molar-refractivity contribution in [2.75, 3.05) is 24.6 Å². The Labute approximate surface area is 162 Å². The molecule has 0 atom stereocenters. The van der Waals surface area contributed by atoms with Gasteiger partial charge in [-0.2, -0.15) is 0 Å². The number of nitrogens with zero attached hydrogens (tertiary/aromatic N) is 2. The van der Waals surface area contributed by atoms with Crippen LogP contribution < -0.4 is 4.90 Å². The molecule has 0 N–H and O–H groups in total. The van der Waals surface area contributed by atoms with Gasteiger partial charge in [-0.1, -0.05) is 29.8 Å².